The Bertz CT molecular complexity index is 3700. The maximum absolute atomic E-state index is 14.0. The highest BCUT2D eigenvalue weighted by atomic mass is 32.2. The van der Waals surface area contributed by atoms with Gasteiger partial charge in [-0.2, -0.15) is 11.8 Å². The van der Waals surface area contributed by atoms with E-state index < -0.39 is 242 Å². The lowest BCUT2D eigenvalue weighted by molar-refractivity contribution is -0.376. The van der Waals surface area contributed by atoms with Crippen LogP contribution in [0.3, 0.4) is 0 Å². The highest BCUT2D eigenvalue weighted by Crippen LogP contribution is 2.39. The van der Waals surface area contributed by atoms with Gasteiger partial charge in [-0.15, -0.1) is 0 Å². The van der Waals surface area contributed by atoms with Gasteiger partial charge in [0.25, 0.3) is 0 Å². The van der Waals surface area contributed by atoms with Crippen LogP contribution >= 0.6 is 11.8 Å². The first-order valence-electron chi connectivity index (χ1n) is 41.1. The minimum atomic E-state index is -2.04. The molecule has 2 aromatic rings. The molecule has 8 saturated heterocycles. The van der Waals surface area contributed by atoms with Gasteiger partial charge >= 0.3 is 6.03 Å². The van der Waals surface area contributed by atoms with E-state index in [4.69, 9.17) is 66.3 Å². The molecule has 2 aromatic carbocycles. The molecule has 8 aliphatic heterocycles. The number of aliphatic hydroxyl groups excluding tert-OH is 18. The summed E-state index contributed by atoms with van der Waals surface area (Å²) in [6.07, 6.45) is -45.2. The fraction of sp³-hybridized carbons (Fsp3) is 0.756. The normalized spacial score (nSPS) is 36.9. The molecule has 10 rings (SSSR count). The lowest BCUT2D eigenvalue weighted by atomic mass is 9.95. The van der Waals surface area contributed by atoms with Crippen LogP contribution in [0.15, 0.2) is 42.5 Å². The van der Waals surface area contributed by atoms with E-state index in [2.05, 4.69) is 26.6 Å². The van der Waals surface area contributed by atoms with Crippen LogP contribution in [0.5, 0.6) is 11.5 Å². The van der Waals surface area contributed by atoms with E-state index in [1.165, 1.54) is 6.07 Å². The molecular weight excluding hydrogens is 1660 g/mol. The third-order valence-corrected chi connectivity index (χ3v) is 23.9. The molecule has 8 heterocycles. The number of fused-ring (bicyclic) bond motifs is 1. The average molecular weight is 1780 g/mol. The number of ether oxygens (including phenoxy) is 14. The van der Waals surface area contributed by atoms with Crippen LogP contribution in [-0.2, 0) is 80.8 Å². The molecule has 0 spiro atoms. The number of thioether (sulfide) groups is 1. The number of ketones is 3. The Balaban J connectivity index is 0.700. The molecule has 0 radical (unpaired) electrons. The van der Waals surface area contributed by atoms with Crippen molar-refractivity contribution in [1.29, 1.82) is 0 Å². The number of urea groups is 1. The summed E-state index contributed by atoms with van der Waals surface area (Å²) in [5, 5.41) is 205. The highest BCUT2D eigenvalue weighted by molar-refractivity contribution is 8.00. The average Bonchev–Trinajstić information content (AvgIpc) is 1.09. The zero-order valence-electron chi connectivity index (χ0n) is 67.6. The van der Waals surface area contributed by atoms with Crippen molar-refractivity contribution >= 4 is 52.9 Å². The molecule has 23 N–H and O–H groups in total. The fourth-order valence-electron chi connectivity index (χ4n) is 15.6. The van der Waals surface area contributed by atoms with Gasteiger partial charge in [0.2, 0.25) is 17.7 Å². The Morgan fingerprint density at radius 2 is 0.862 bits per heavy atom. The quantitative estimate of drug-likeness (QED) is 0.0166. The van der Waals surface area contributed by atoms with Gasteiger partial charge in [-0.05, 0) is 86.4 Å². The number of nitrogens with one attached hydrogen (secondary N) is 5. The van der Waals surface area contributed by atoms with Crippen LogP contribution in [0.2, 0.25) is 0 Å². The van der Waals surface area contributed by atoms with Crippen molar-refractivity contribution < 1.29 is 192 Å². The fourth-order valence-corrected chi connectivity index (χ4v) is 17.2. The van der Waals surface area contributed by atoms with Gasteiger partial charge in [-0.1, -0.05) is 18.6 Å². The second kappa shape index (κ2) is 47.3. The number of unbranched alkanes of at least 4 members (excludes halogenated alkanes) is 3. The van der Waals surface area contributed by atoms with Gasteiger partial charge in [0.1, 0.15) is 171 Å². The Morgan fingerprint density at radius 3 is 1.33 bits per heavy atom. The lowest BCUT2D eigenvalue weighted by Gasteiger charge is -2.48. The number of carbonyl (C=O) groups is 7. The minimum absolute atomic E-state index is 0.0117. The van der Waals surface area contributed by atoms with Gasteiger partial charge in [0, 0.05) is 75.9 Å². The zero-order valence-corrected chi connectivity index (χ0v) is 68.4. The second-order valence-electron chi connectivity index (χ2n) is 31.4. The second-order valence-corrected chi connectivity index (χ2v) is 32.7. The highest BCUT2D eigenvalue weighted by Gasteiger charge is 2.57. The van der Waals surface area contributed by atoms with Crippen molar-refractivity contribution in [2.45, 2.75) is 292 Å². The maximum Gasteiger partial charge on any atom is 0.315 e. The summed E-state index contributed by atoms with van der Waals surface area (Å²) in [5.74, 6) is -1.18. The van der Waals surface area contributed by atoms with Crippen molar-refractivity contribution in [3.05, 3.63) is 48.0 Å². The van der Waals surface area contributed by atoms with Crippen LogP contribution in [0.25, 0.3) is 11.1 Å². The third kappa shape index (κ3) is 25.9. The van der Waals surface area contributed by atoms with Crippen molar-refractivity contribution in [3.8, 4) is 22.6 Å². The number of Topliss-reactive ketones (excluding diaryl/α,β-unsaturated/α-hetero) is 3. The number of benzene rings is 2. The lowest BCUT2D eigenvalue weighted by Crippen LogP contribution is -2.68. The molecule has 0 aliphatic carbocycles. The summed E-state index contributed by atoms with van der Waals surface area (Å²) < 4.78 is 80.9. The largest absolute Gasteiger partial charge is 0.486 e. The van der Waals surface area contributed by atoms with E-state index in [9.17, 15) is 125 Å². The van der Waals surface area contributed by atoms with Gasteiger partial charge in [-0.3, -0.25) is 28.8 Å². The number of hydrogen-bond donors (Lipinski definition) is 23. The van der Waals surface area contributed by atoms with Crippen molar-refractivity contribution in [2.75, 3.05) is 78.4 Å². The van der Waals surface area contributed by atoms with Gasteiger partial charge in [-0.25, -0.2) is 4.79 Å². The number of aliphatic hydroxyl groups is 18. The molecule has 8 aliphatic rings. The van der Waals surface area contributed by atoms with Crippen LogP contribution in [-0.4, -0.2) is 413 Å². The Morgan fingerprint density at radius 1 is 0.431 bits per heavy atom. The van der Waals surface area contributed by atoms with Crippen molar-refractivity contribution in [1.82, 2.24) is 26.6 Å². The summed E-state index contributed by atoms with van der Waals surface area (Å²) in [6.45, 7) is -3.71. The number of carbonyl (C=O) groups excluding carboxylic acids is 7. The predicted molar refractivity (Wildman–Crippen MR) is 414 cm³/mol. The van der Waals surface area contributed by atoms with Crippen LogP contribution in [0, 0.1) is 0 Å². The molecule has 694 valence electrons. The molecule has 5 amide bonds. The van der Waals surface area contributed by atoms with Crippen molar-refractivity contribution in [3.63, 3.8) is 0 Å². The van der Waals surface area contributed by atoms with Gasteiger partial charge in [0.15, 0.2) is 55.1 Å². The molecule has 44 nitrogen and oxygen atoms in total. The molecule has 8 fully saturated rings. The van der Waals surface area contributed by atoms with Crippen molar-refractivity contribution in [2.24, 2.45) is 0 Å². The summed E-state index contributed by atoms with van der Waals surface area (Å²) in [7, 11) is 0. The van der Waals surface area contributed by atoms with Crippen LogP contribution in [0.1, 0.15) is 101 Å². The summed E-state index contributed by atoms with van der Waals surface area (Å²) in [5.41, 5.74) is 1.30. The molecule has 0 saturated carbocycles. The van der Waals surface area contributed by atoms with E-state index in [-0.39, 0.29) is 136 Å². The zero-order chi connectivity index (χ0) is 89.0. The molecule has 0 bridgehead atoms. The smallest absolute Gasteiger partial charge is 0.315 e. The Hall–Kier alpha value is -6.12. The summed E-state index contributed by atoms with van der Waals surface area (Å²) in [6, 6.07) is 8.49. The number of amides is 5. The SMILES string of the molecule is CC(=O)NC1[C@H](OCCCCC(=O)COc2ccc(-c3cc(OCC(=O)CCCCO[C@@H]4OC(CO)[C@@H](O[C@@H]5OC(CO)[C@H](O)[C@H](O[C@H]6OC(CO)[C@H](O)[C@H](O)C6O)C5O)[C@H](O)C4NC(C)=O)cc(C(=O)CCCNC(=O)CCCC[C@@H]4SC[C@@H]5NC(=O)N[C@@H]54)c3)cc2)OC(CO)[C@@H](O[C@@H]2OC(CO)[C@H](O)[C@H](O[C@H]3OC(CO)[C@H](O)[C@H](O)C3O)C2O)[C@@H]1O. The number of rotatable bonds is 45. The summed E-state index contributed by atoms with van der Waals surface area (Å²) in [4.78, 5) is 90.4. The van der Waals surface area contributed by atoms with E-state index in [1.54, 1.807) is 48.2 Å². The first-order valence-corrected chi connectivity index (χ1v) is 42.1. The van der Waals surface area contributed by atoms with Crippen LogP contribution < -0.4 is 36.1 Å². The predicted octanol–water partition coefficient (Wildman–Crippen LogP) is -8.39. The van der Waals surface area contributed by atoms with Crippen LogP contribution in [0.4, 0.5) is 4.79 Å². The Kier molecular flexibility index (Phi) is 38.1. The van der Waals surface area contributed by atoms with Gasteiger partial charge < -0.3 is 185 Å². The molecule has 45 heteroatoms. The van der Waals surface area contributed by atoms with E-state index in [1.807, 2.05) is 0 Å². The molecule has 12 unspecified atom stereocenters. The standard InChI is InChI=1S/C78H117N5O39S/c1-34(90)80-54-60(100)68(119-76-66(106)70(58(98)47(27-86)115-76)121-74-64(104)62(102)56(96)45(25-84)113-74)49(29-88)117-72(54)109-20-7-5-10-39(92)31-111-41-17-15-36(16-18-41)37-22-38(44(94)12-9-19-79-52(95)14-4-3-13-51-53-43(33-123-51)82-78(108)83-53)24-42(23-37)112-32-40(93)11-6-8-21-110-73-55(81-35(2)91)61(101)69(50(30-89)118-73)120-77-67(107)71(59(99)48(28-87)116-77)122-75-65(105)63(103)57(97)46(26-85)114-75/h15-18,22-24,43,45-51,53-77,84-89,96-107H,3-14,19-21,25-33H2,1-2H3,(H,79,95)(H,80,90)(H,81,91)(H2,82,83,108)/t43-,45?,46?,47?,48?,49?,50?,51-,53-,54?,55?,56-,57-,58-,59-,60+,61+,62-,63-,64?,65?,66?,67?,68+,69+,70-,71-,72+,73+,74+,75+,76-,77-/m0/s1. The molecule has 123 heavy (non-hydrogen) atoms. The third-order valence-electron chi connectivity index (χ3n) is 22.4. The number of hydrogen-bond acceptors (Lipinski definition) is 40. The first kappa shape index (κ1) is 99.0. The van der Waals surface area contributed by atoms with E-state index in [0.29, 0.717) is 29.7 Å². The minimum Gasteiger partial charge on any atom is -0.486 e. The maximum atomic E-state index is 14.0. The summed E-state index contributed by atoms with van der Waals surface area (Å²) >= 11 is 1.80. The molecule has 33 atom stereocenters. The Labute approximate surface area is 709 Å². The van der Waals surface area contributed by atoms with E-state index in [0.717, 1.165) is 32.4 Å². The van der Waals surface area contributed by atoms with Gasteiger partial charge in [0.05, 0.1) is 51.7 Å². The molecule has 0 aromatic heterocycles. The van der Waals surface area contributed by atoms with E-state index >= 15 is 0 Å². The molecular formula is C78H117N5O39S. The monoisotopic (exact) mass is 1780 g/mol. The topological polar surface area (TPSA) is 673 Å². The first-order chi connectivity index (χ1) is 58.9.